The molecular weight excluding hydrogens is 258 g/mol. The maximum atomic E-state index is 11.3. The monoisotopic (exact) mass is 275 g/mol. The summed E-state index contributed by atoms with van der Waals surface area (Å²) in [5.74, 6) is 0.275. The number of nitroso groups, excluding NO2 is 1. The van der Waals surface area contributed by atoms with Gasteiger partial charge in [0.1, 0.15) is 0 Å². The first-order chi connectivity index (χ1) is 8.60. The Morgan fingerprint density at radius 2 is 2.11 bits per heavy atom. The summed E-state index contributed by atoms with van der Waals surface area (Å²) in [6.45, 7) is 2.25. The Kier molecular flexibility index (Phi) is 9.84. The lowest BCUT2D eigenvalue weighted by atomic mass is 10.3. The molecular formula is C10H17N3O4S. The Labute approximate surface area is 109 Å². The predicted molar refractivity (Wildman–Crippen MR) is 69.0 cm³/mol. The van der Waals surface area contributed by atoms with Crippen molar-refractivity contribution in [2.45, 2.75) is 25.8 Å². The van der Waals surface area contributed by atoms with E-state index in [0.29, 0.717) is 25.3 Å². The van der Waals surface area contributed by atoms with Gasteiger partial charge in [0.25, 0.3) is 0 Å². The summed E-state index contributed by atoms with van der Waals surface area (Å²) in [7, 11) is 0. The topological polar surface area (TPSA) is 105 Å². The standard InChI is InChI=1S/C10H17N3O4S/c1-8(13-17)6-10(16)18-5-4-12-9(15)2-3-11-7-14/h7-8H,2-6H2,1H3,(H,11,14)(H,12,15). The fourth-order valence-electron chi connectivity index (χ4n) is 1.03. The number of hydrogen-bond acceptors (Lipinski definition) is 6. The van der Waals surface area contributed by atoms with Crippen LogP contribution in [0.25, 0.3) is 0 Å². The molecule has 0 radical (unpaired) electrons. The number of nitrogens with one attached hydrogen (secondary N) is 2. The SMILES string of the molecule is CC(CC(=O)SCCNC(=O)CCNC=O)N=O. The highest BCUT2D eigenvalue weighted by Gasteiger charge is 2.09. The van der Waals surface area contributed by atoms with Gasteiger partial charge in [-0.05, 0) is 6.92 Å². The summed E-state index contributed by atoms with van der Waals surface area (Å²) in [6, 6.07) is -0.506. The molecule has 2 amide bonds. The summed E-state index contributed by atoms with van der Waals surface area (Å²) >= 11 is 1.07. The molecule has 0 rings (SSSR count). The van der Waals surface area contributed by atoms with Gasteiger partial charge in [0, 0.05) is 31.7 Å². The lowest BCUT2D eigenvalue weighted by molar-refractivity contribution is -0.121. The van der Waals surface area contributed by atoms with Crippen molar-refractivity contribution < 1.29 is 14.4 Å². The van der Waals surface area contributed by atoms with Gasteiger partial charge < -0.3 is 10.6 Å². The van der Waals surface area contributed by atoms with Crippen LogP contribution in [0.4, 0.5) is 0 Å². The highest BCUT2D eigenvalue weighted by molar-refractivity contribution is 8.13. The Bertz CT molecular complexity index is 299. The van der Waals surface area contributed by atoms with Gasteiger partial charge in [-0.15, -0.1) is 0 Å². The lowest BCUT2D eigenvalue weighted by Gasteiger charge is -2.05. The lowest BCUT2D eigenvalue weighted by Crippen LogP contribution is -2.29. The van der Waals surface area contributed by atoms with Crippen LogP contribution in [0.2, 0.25) is 0 Å². The second kappa shape index (κ2) is 10.7. The molecule has 18 heavy (non-hydrogen) atoms. The van der Waals surface area contributed by atoms with Crippen LogP contribution in [-0.2, 0) is 14.4 Å². The second-order valence-corrected chi connectivity index (χ2v) is 4.70. The number of rotatable bonds is 10. The number of carbonyl (C=O) groups excluding carboxylic acids is 3. The Morgan fingerprint density at radius 1 is 1.39 bits per heavy atom. The molecule has 1 atom stereocenters. The molecule has 0 aliphatic rings. The number of hydrogen-bond donors (Lipinski definition) is 2. The van der Waals surface area contributed by atoms with E-state index in [9.17, 15) is 19.3 Å². The quantitative estimate of drug-likeness (QED) is 0.333. The van der Waals surface area contributed by atoms with E-state index >= 15 is 0 Å². The molecule has 8 heteroatoms. The molecule has 0 fully saturated rings. The predicted octanol–water partition coefficient (Wildman–Crippen LogP) is 0.0435. The van der Waals surface area contributed by atoms with Crippen LogP contribution in [0.5, 0.6) is 0 Å². The van der Waals surface area contributed by atoms with E-state index < -0.39 is 6.04 Å². The van der Waals surface area contributed by atoms with Gasteiger partial charge in [-0.25, -0.2) is 0 Å². The van der Waals surface area contributed by atoms with E-state index in [2.05, 4.69) is 15.8 Å². The molecule has 102 valence electrons. The minimum atomic E-state index is -0.506. The molecule has 7 nitrogen and oxygen atoms in total. The van der Waals surface area contributed by atoms with Gasteiger partial charge in [0.05, 0.1) is 6.04 Å². The van der Waals surface area contributed by atoms with Gasteiger partial charge in [-0.2, -0.15) is 4.91 Å². The van der Waals surface area contributed by atoms with E-state index in [-0.39, 0.29) is 23.9 Å². The zero-order chi connectivity index (χ0) is 13.8. The first kappa shape index (κ1) is 16.6. The molecule has 0 aromatic carbocycles. The first-order valence-corrected chi connectivity index (χ1v) is 6.50. The van der Waals surface area contributed by atoms with Crippen molar-refractivity contribution in [3.05, 3.63) is 4.91 Å². The summed E-state index contributed by atoms with van der Waals surface area (Å²) in [6.07, 6.45) is 0.860. The van der Waals surface area contributed by atoms with Gasteiger partial charge >= 0.3 is 0 Å². The van der Waals surface area contributed by atoms with Crippen LogP contribution < -0.4 is 10.6 Å². The largest absolute Gasteiger partial charge is 0.358 e. The average molecular weight is 275 g/mol. The maximum Gasteiger partial charge on any atom is 0.221 e. The first-order valence-electron chi connectivity index (χ1n) is 5.52. The zero-order valence-electron chi connectivity index (χ0n) is 10.2. The zero-order valence-corrected chi connectivity index (χ0v) is 11.0. The minimum absolute atomic E-state index is 0.112. The van der Waals surface area contributed by atoms with Crippen molar-refractivity contribution in [1.82, 2.24) is 10.6 Å². The van der Waals surface area contributed by atoms with E-state index in [1.807, 2.05) is 0 Å². The fourth-order valence-corrected chi connectivity index (χ4v) is 1.82. The van der Waals surface area contributed by atoms with Crippen LogP contribution in [-0.4, -0.2) is 42.3 Å². The Morgan fingerprint density at radius 3 is 2.72 bits per heavy atom. The molecule has 2 N–H and O–H groups in total. The molecule has 0 aliphatic heterocycles. The van der Waals surface area contributed by atoms with E-state index in [0.717, 1.165) is 11.8 Å². The molecule has 0 saturated carbocycles. The number of nitrogens with zero attached hydrogens (tertiary/aromatic N) is 1. The fraction of sp³-hybridized carbons (Fsp3) is 0.700. The molecule has 0 spiro atoms. The van der Waals surface area contributed by atoms with Crippen molar-refractivity contribution >= 4 is 29.2 Å². The van der Waals surface area contributed by atoms with Crippen LogP contribution in [0, 0.1) is 4.91 Å². The van der Waals surface area contributed by atoms with Crippen molar-refractivity contribution in [3.63, 3.8) is 0 Å². The van der Waals surface area contributed by atoms with Crippen LogP contribution in [0.15, 0.2) is 5.18 Å². The number of carbonyl (C=O) groups is 3. The Balaban J connectivity index is 3.49. The highest BCUT2D eigenvalue weighted by Crippen LogP contribution is 2.08. The van der Waals surface area contributed by atoms with Gasteiger partial charge in [0.2, 0.25) is 12.3 Å². The van der Waals surface area contributed by atoms with E-state index in [1.165, 1.54) is 0 Å². The summed E-state index contributed by atoms with van der Waals surface area (Å²) < 4.78 is 0. The molecule has 1 unspecified atom stereocenters. The van der Waals surface area contributed by atoms with E-state index in [1.54, 1.807) is 6.92 Å². The van der Waals surface area contributed by atoms with Crippen LogP contribution >= 0.6 is 11.8 Å². The number of thioether (sulfide) groups is 1. The van der Waals surface area contributed by atoms with Gasteiger partial charge in [0.15, 0.2) is 5.12 Å². The third-order valence-corrected chi connectivity index (χ3v) is 2.81. The van der Waals surface area contributed by atoms with Crippen LogP contribution in [0.3, 0.4) is 0 Å². The molecule has 0 aromatic rings. The third kappa shape index (κ3) is 9.76. The van der Waals surface area contributed by atoms with Crippen molar-refractivity contribution in [2.75, 3.05) is 18.8 Å². The molecule has 0 saturated heterocycles. The van der Waals surface area contributed by atoms with Crippen molar-refractivity contribution in [2.24, 2.45) is 5.18 Å². The molecule has 0 aliphatic carbocycles. The average Bonchev–Trinajstić information content (AvgIpc) is 2.34. The van der Waals surface area contributed by atoms with E-state index in [4.69, 9.17) is 0 Å². The van der Waals surface area contributed by atoms with Crippen molar-refractivity contribution in [3.8, 4) is 0 Å². The second-order valence-electron chi connectivity index (χ2n) is 3.55. The van der Waals surface area contributed by atoms with Crippen LogP contribution in [0.1, 0.15) is 19.8 Å². The number of amides is 2. The van der Waals surface area contributed by atoms with Crippen molar-refractivity contribution in [1.29, 1.82) is 0 Å². The summed E-state index contributed by atoms with van der Waals surface area (Å²) in [4.78, 5) is 42.4. The highest BCUT2D eigenvalue weighted by atomic mass is 32.2. The van der Waals surface area contributed by atoms with Gasteiger partial charge in [-0.1, -0.05) is 16.9 Å². The molecule has 0 aromatic heterocycles. The molecule has 0 bridgehead atoms. The summed E-state index contributed by atoms with van der Waals surface area (Å²) in [5, 5.41) is 7.61. The normalized spacial score (nSPS) is 11.4. The van der Waals surface area contributed by atoms with Gasteiger partial charge in [-0.3, -0.25) is 14.4 Å². The minimum Gasteiger partial charge on any atom is -0.358 e. The smallest absolute Gasteiger partial charge is 0.221 e. The molecule has 0 heterocycles. The summed E-state index contributed by atoms with van der Waals surface area (Å²) in [5.41, 5.74) is 0. The third-order valence-electron chi connectivity index (χ3n) is 1.91. The maximum absolute atomic E-state index is 11.3. The Hall–Kier alpha value is -1.44.